The molecule has 1 heterocycles. The average Bonchev–Trinajstić information content (AvgIpc) is 2.95. The molecule has 1 aromatic heterocycles. The molecule has 0 saturated heterocycles. The molecule has 1 N–H and O–H groups in total. The molecule has 1 amide bonds. The summed E-state index contributed by atoms with van der Waals surface area (Å²) in [6.45, 7) is 2.12. The molecule has 1 unspecified atom stereocenters. The van der Waals surface area contributed by atoms with Crippen molar-refractivity contribution in [1.29, 1.82) is 0 Å². The Labute approximate surface area is 138 Å². The molecule has 0 saturated carbocycles. The van der Waals surface area contributed by atoms with Crippen molar-refractivity contribution in [3.8, 4) is 5.75 Å². The summed E-state index contributed by atoms with van der Waals surface area (Å²) in [4.78, 5) is 12.3. The Morgan fingerprint density at radius 2 is 2.04 bits per heavy atom. The zero-order valence-electron chi connectivity index (χ0n) is 13.4. The number of rotatable bonds is 5. The molecule has 3 rings (SSSR count). The minimum Gasteiger partial charge on any atom is -0.491 e. The molecule has 0 radical (unpaired) electrons. The number of hydrogen-bond acceptors (Lipinski definition) is 4. The number of ether oxygens (including phenoxy) is 1. The minimum atomic E-state index is -0.316. The van der Waals surface area contributed by atoms with Crippen molar-refractivity contribution in [2.24, 2.45) is 7.05 Å². The number of aryl methyl sites for hydroxylation is 1. The highest BCUT2D eigenvalue weighted by atomic mass is 19.1. The van der Waals surface area contributed by atoms with Gasteiger partial charge in [0, 0.05) is 12.6 Å². The highest BCUT2D eigenvalue weighted by Gasteiger charge is 2.12. The largest absolute Gasteiger partial charge is 0.491 e. The zero-order valence-corrected chi connectivity index (χ0v) is 13.4. The van der Waals surface area contributed by atoms with Crippen LogP contribution in [0.1, 0.15) is 17.3 Å². The number of halogens is 1. The first-order valence-corrected chi connectivity index (χ1v) is 7.51. The van der Waals surface area contributed by atoms with Crippen molar-refractivity contribution in [1.82, 2.24) is 20.3 Å². The topological polar surface area (TPSA) is 69.0 Å². The average molecular weight is 328 g/mol. The van der Waals surface area contributed by atoms with Gasteiger partial charge in [0.2, 0.25) is 0 Å². The molecule has 1 atom stereocenters. The van der Waals surface area contributed by atoms with Gasteiger partial charge in [-0.15, -0.1) is 5.10 Å². The molecule has 0 aliphatic heterocycles. The number of carbonyl (C=O) groups is 1. The summed E-state index contributed by atoms with van der Waals surface area (Å²) in [7, 11) is 1.77. The molecule has 124 valence electrons. The van der Waals surface area contributed by atoms with Gasteiger partial charge in [0.15, 0.2) is 0 Å². The number of carbonyl (C=O) groups excluding carboxylic acids is 1. The van der Waals surface area contributed by atoms with Gasteiger partial charge in [-0.05, 0) is 49.4 Å². The van der Waals surface area contributed by atoms with E-state index in [9.17, 15) is 9.18 Å². The van der Waals surface area contributed by atoms with Crippen molar-refractivity contribution < 1.29 is 13.9 Å². The first kappa shape index (κ1) is 15.9. The van der Waals surface area contributed by atoms with Gasteiger partial charge in [-0.2, -0.15) is 0 Å². The molecule has 7 heteroatoms. The van der Waals surface area contributed by atoms with Crippen LogP contribution in [-0.2, 0) is 7.05 Å². The molecule has 0 spiro atoms. The number of amides is 1. The van der Waals surface area contributed by atoms with Crippen molar-refractivity contribution in [3.05, 3.63) is 53.8 Å². The Kier molecular flexibility index (Phi) is 4.41. The van der Waals surface area contributed by atoms with E-state index >= 15 is 0 Å². The summed E-state index contributed by atoms with van der Waals surface area (Å²) in [5, 5.41) is 10.8. The molecular formula is C17H17FN4O2. The predicted molar refractivity (Wildman–Crippen MR) is 87.3 cm³/mol. The third-order valence-corrected chi connectivity index (χ3v) is 3.56. The molecular weight excluding hydrogens is 311 g/mol. The van der Waals surface area contributed by atoms with Gasteiger partial charge in [-0.25, -0.2) is 9.07 Å². The lowest BCUT2D eigenvalue weighted by molar-refractivity contribution is 0.0927. The maximum Gasteiger partial charge on any atom is 0.251 e. The van der Waals surface area contributed by atoms with E-state index in [1.165, 1.54) is 12.1 Å². The molecule has 0 bridgehead atoms. The Hall–Kier alpha value is -2.96. The lowest BCUT2D eigenvalue weighted by Gasteiger charge is -2.15. The van der Waals surface area contributed by atoms with Crippen LogP contribution in [0.2, 0.25) is 0 Å². The fourth-order valence-corrected chi connectivity index (χ4v) is 2.27. The van der Waals surface area contributed by atoms with Crippen LogP contribution in [-0.4, -0.2) is 33.5 Å². The van der Waals surface area contributed by atoms with Gasteiger partial charge in [0.05, 0.1) is 11.6 Å². The number of hydrogen-bond donors (Lipinski definition) is 1. The number of fused-ring (bicyclic) bond motifs is 1. The second-order valence-electron chi connectivity index (χ2n) is 5.56. The summed E-state index contributed by atoms with van der Waals surface area (Å²) < 4.78 is 20.0. The van der Waals surface area contributed by atoms with Gasteiger partial charge in [-0.3, -0.25) is 4.79 Å². The van der Waals surface area contributed by atoms with E-state index in [0.717, 1.165) is 11.0 Å². The quantitative estimate of drug-likeness (QED) is 0.780. The summed E-state index contributed by atoms with van der Waals surface area (Å²) >= 11 is 0. The standard InChI is InChI=1S/C17H17FN4O2/c1-11(10-24-14-6-4-13(18)5-7-14)19-17(23)12-3-8-15-16(9-12)22(2)21-20-15/h3-9,11H,10H2,1-2H3,(H,19,23). The Balaban J connectivity index is 1.60. The summed E-state index contributed by atoms with van der Waals surface area (Å²) in [5.41, 5.74) is 2.06. The van der Waals surface area contributed by atoms with Gasteiger partial charge < -0.3 is 10.1 Å². The predicted octanol–water partition coefficient (Wildman–Crippen LogP) is 2.30. The van der Waals surface area contributed by atoms with E-state index < -0.39 is 0 Å². The SMILES string of the molecule is CC(COc1ccc(F)cc1)NC(=O)c1ccc2nnn(C)c2c1. The fourth-order valence-electron chi connectivity index (χ4n) is 2.27. The Morgan fingerprint density at radius 1 is 1.29 bits per heavy atom. The van der Waals surface area contributed by atoms with E-state index in [1.54, 1.807) is 42.1 Å². The highest BCUT2D eigenvalue weighted by Crippen LogP contribution is 2.13. The molecule has 0 aliphatic carbocycles. The van der Waals surface area contributed by atoms with Gasteiger partial charge in [0.25, 0.3) is 5.91 Å². The molecule has 6 nitrogen and oxygen atoms in total. The van der Waals surface area contributed by atoms with Crippen LogP contribution < -0.4 is 10.1 Å². The Bertz CT molecular complexity index is 861. The maximum absolute atomic E-state index is 12.8. The van der Waals surface area contributed by atoms with Crippen LogP contribution in [0, 0.1) is 5.82 Å². The molecule has 0 fully saturated rings. The van der Waals surface area contributed by atoms with Gasteiger partial charge >= 0.3 is 0 Å². The third kappa shape index (κ3) is 3.51. The van der Waals surface area contributed by atoms with E-state index in [2.05, 4.69) is 15.6 Å². The van der Waals surface area contributed by atoms with Gasteiger partial charge in [-0.1, -0.05) is 5.21 Å². The first-order chi connectivity index (χ1) is 11.5. The minimum absolute atomic E-state index is 0.201. The van der Waals surface area contributed by atoms with Crippen LogP contribution >= 0.6 is 0 Å². The van der Waals surface area contributed by atoms with Crippen LogP contribution in [0.3, 0.4) is 0 Å². The first-order valence-electron chi connectivity index (χ1n) is 7.51. The van der Waals surface area contributed by atoms with Crippen molar-refractivity contribution >= 4 is 16.9 Å². The lowest BCUT2D eigenvalue weighted by atomic mass is 10.1. The van der Waals surface area contributed by atoms with E-state index in [-0.39, 0.29) is 24.4 Å². The lowest BCUT2D eigenvalue weighted by Crippen LogP contribution is -2.36. The second-order valence-corrected chi connectivity index (χ2v) is 5.56. The third-order valence-electron chi connectivity index (χ3n) is 3.56. The van der Waals surface area contributed by atoms with Crippen LogP contribution in [0.5, 0.6) is 5.75 Å². The normalized spacial score (nSPS) is 12.1. The number of benzene rings is 2. The number of aromatic nitrogens is 3. The van der Waals surface area contributed by atoms with Gasteiger partial charge in [0.1, 0.15) is 23.7 Å². The second kappa shape index (κ2) is 6.66. The van der Waals surface area contributed by atoms with Crippen molar-refractivity contribution in [2.45, 2.75) is 13.0 Å². The monoisotopic (exact) mass is 328 g/mol. The summed E-state index contributed by atoms with van der Waals surface area (Å²) in [5.74, 6) is 0.0388. The van der Waals surface area contributed by atoms with E-state index in [0.29, 0.717) is 11.3 Å². The molecule has 2 aromatic carbocycles. The van der Waals surface area contributed by atoms with Crippen LogP contribution in [0.25, 0.3) is 11.0 Å². The molecule has 0 aliphatic rings. The highest BCUT2D eigenvalue weighted by molar-refractivity contribution is 5.97. The van der Waals surface area contributed by atoms with Crippen molar-refractivity contribution in [2.75, 3.05) is 6.61 Å². The number of nitrogens with zero attached hydrogens (tertiary/aromatic N) is 3. The Morgan fingerprint density at radius 3 is 2.79 bits per heavy atom. The number of nitrogens with one attached hydrogen (secondary N) is 1. The summed E-state index contributed by atoms with van der Waals surface area (Å²) in [6, 6.07) is 10.8. The smallest absolute Gasteiger partial charge is 0.251 e. The van der Waals surface area contributed by atoms with E-state index in [1.807, 2.05) is 6.92 Å². The summed E-state index contributed by atoms with van der Waals surface area (Å²) in [6.07, 6.45) is 0. The van der Waals surface area contributed by atoms with Crippen LogP contribution in [0.4, 0.5) is 4.39 Å². The fraction of sp³-hybridized carbons (Fsp3) is 0.235. The molecule has 3 aromatic rings. The van der Waals surface area contributed by atoms with Crippen LogP contribution in [0.15, 0.2) is 42.5 Å². The van der Waals surface area contributed by atoms with E-state index in [4.69, 9.17) is 4.74 Å². The van der Waals surface area contributed by atoms with Crippen molar-refractivity contribution in [3.63, 3.8) is 0 Å². The maximum atomic E-state index is 12.8. The molecule has 24 heavy (non-hydrogen) atoms. The zero-order chi connectivity index (χ0) is 17.1.